The molecule has 0 atom stereocenters. The summed E-state index contributed by atoms with van der Waals surface area (Å²) in [6.07, 6.45) is 8.11. The second-order valence-electron chi connectivity index (χ2n) is 2.97. The molecule has 1 heterocycles. The molecule has 1 rings (SSSR count). The number of anilines is 1. The maximum atomic E-state index is 11.2. The molecule has 0 aliphatic heterocycles. The summed E-state index contributed by atoms with van der Waals surface area (Å²) in [5.41, 5.74) is 5.86. The molecule has 1 aromatic heterocycles. The van der Waals surface area contributed by atoms with Gasteiger partial charge in [0.2, 0.25) is 0 Å². The van der Waals surface area contributed by atoms with E-state index < -0.39 is 5.97 Å². The van der Waals surface area contributed by atoms with Crippen LogP contribution in [0.1, 0.15) is 23.3 Å². The number of rotatable bonds is 4. The van der Waals surface area contributed by atoms with Gasteiger partial charge in [0.25, 0.3) is 0 Å². The molecule has 2 N–H and O–H groups in total. The van der Waals surface area contributed by atoms with E-state index in [1.54, 1.807) is 4.57 Å². The van der Waals surface area contributed by atoms with Crippen LogP contribution in [-0.4, -0.2) is 22.6 Å². The minimum absolute atomic E-state index is 0.151. The molecule has 0 unspecified atom stereocenters. The zero-order valence-corrected chi connectivity index (χ0v) is 8.56. The Labute approximate surface area is 88.2 Å². The van der Waals surface area contributed by atoms with Crippen LogP contribution in [0.25, 0.3) is 0 Å². The number of ether oxygens (including phenoxy) is 1. The average Bonchev–Trinajstić information content (AvgIpc) is 2.60. The van der Waals surface area contributed by atoms with Gasteiger partial charge in [0, 0.05) is 13.0 Å². The molecule has 0 fully saturated rings. The Morgan fingerprint density at radius 3 is 3.13 bits per heavy atom. The van der Waals surface area contributed by atoms with Crippen molar-refractivity contribution in [2.24, 2.45) is 0 Å². The fourth-order valence-corrected chi connectivity index (χ4v) is 1.18. The molecular formula is C10H13N3O2. The number of nitrogens with zero attached hydrogens (tertiary/aromatic N) is 2. The maximum Gasteiger partial charge on any atom is 0.360 e. The number of hydrogen-bond donors (Lipinski definition) is 1. The fourth-order valence-electron chi connectivity index (χ4n) is 1.18. The predicted molar refractivity (Wildman–Crippen MR) is 56.0 cm³/mol. The Kier molecular flexibility index (Phi) is 3.75. The van der Waals surface area contributed by atoms with Crippen LogP contribution in [0.2, 0.25) is 0 Å². The van der Waals surface area contributed by atoms with Crippen LogP contribution in [0.3, 0.4) is 0 Å². The molecule has 80 valence electrons. The SMILES string of the molecule is C#CCCCn1cnc(C(=O)OC)c1N. The third-order valence-corrected chi connectivity index (χ3v) is 1.98. The number of unbranched alkanes of at least 4 members (excludes halogenated alkanes) is 1. The summed E-state index contributed by atoms with van der Waals surface area (Å²) in [4.78, 5) is 15.0. The molecule has 0 saturated heterocycles. The van der Waals surface area contributed by atoms with Crippen LogP contribution in [-0.2, 0) is 11.3 Å². The van der Waals surface area contributed by atoms with E-state index >= 15 is 0 Å². The third-order valence-electron chi connectivity index (χ3n) is 1.98. The highest BCUT2D eigenvalue weighted by molar-refractivity contribution is 5.91. The number of esters is 1. The lowest BCUT2D eigenvalue weighted by molar-refractivity contribution is 0.0596. The van der Waals surface area contributed by atoms with Crippen molar-refractivity contribution < 1.29 is 9.53 Å². The van der Waals surface area contributed by atoms with Crippen molar-refractivity contribution in [3.63, 3.8) is 0 Å². The van der Waals surface area contributed by atoms with Gasteiger partial charge in [0.05, 0.1) is 13.4 Å². The number of aryl methyl sites for hydroxylation is 1. The van der Waals surface area contributed by atoms with Gasteiger partial charge < -0.3 is 15.0 Å². The van der Waals surface area contributed by atoms with E-state index in [0.29, 0.717) is 18.8 Å². The Morgan fingerprint density at radius 2 is 2.53 bits per heavy atom. The monoisotopic (exact) mass is 207 g/mol. The molecule has 0 radical (unpaired) electrons. The number of aromatic nitrogens is 2. The molecule has 0 bridgehead atoms. The molecular weight excluding hydrogens is 194 g/mol. The minimum Gasteiger partial charge on any atom is -0.464 e. The van der Waals surface area contributed by atoms with E-state index in [1.807, 2.05) is 0 Å². The van der Waals surface area contributed by atoms with Crippen molar-refractivity contribution in [3.05, 3.63) is 12.0 Å². The lowest BCUT2D eigenvalue weighted by Gasteiger charge is -2.03. The molecule has 0 aliphatic rings. The molecule has 1 aromatic rings. The van der Waals surface area contributed by atoms with Gasteiger partial charge in [-0.3, -0.25) is 0 Å². The van der Waals surface area contributed by atoms with Gasteiger partial charge in [0.15, 0.2) is 5.69 Å². The van der Waals surface area contributed by atoms with Gasteiger partial charge in [-0.25, -0.2) is 9.78 Å². The van der Waals surface area contributed by atoms with Crippen molar-refractivity contribution in [2.75, 3.05) is 12.8 Å². The number of carbonyl (C=O) groups excluding carboxylic acids is 1. The highest BCUT2D eigenvalue weighted by atomic mass is 16.5. The quantitative estimate of drug-likeness (QED) is 0.447. The van der Waals surface area contributed by atoms with Crippen molar-refractivity contribution >= 4 is 11.8 Å². The molecule has 5 heteroatoms. The third kappa shape index (κ3) is 2.50. The van der Waals surface area contributed by atoms with Crippen molar-refractivity contribution in [1.82, 2.24) is 9.55 Å². The lowest BCUT2D eigenvalue weighted by Crippen LogP contribution is -2.08. The summed E-state index contributed by atoms with van der Waals surface area (Å²) in [6, 6.07) is 0. The van der Waals surface area contributed by atoms with Gasteiger partial charge in [-0.05, 0) is 6.42 Å². The van der Waals surface area contributed by atoms with E-state index in [9.17, 15) is 4.79 Å². The second-order valence-corrected chi connectivity index (χ2v) is 2.97. The normalized spacial score (nSPS) is 9.60. The Balaban J connectivity index is 2.72. The van der Waals surface area contributed by atoms with Gasteiger partial charge in [-0.1, -0.05) is 0 Å². The van der Waals surface area contributed by atoms with Crippen molar-refractivity contribution in [2.45, 2.75) is 19.4 Å². The predicted octanol–water partition coefficient (Wildman–Crippen LogP) is 0.665. The Morgan fingerprint density at radius 1 is 1.80 bits per heavy atom. The summed E-state index contributed by atoms with van der Waals surface area (Å²) in [5.74, 6) is 2.33. The summed E-state index contributed by atoms with van der Waals surface area (Å²) >= 11 is 0. The first-order chi connectivity index (χ1) is 7.20. The number of hydrogen-bond acceptors (Lipinski definition) is 4. The molecule has 0 aromatic carbocycles. The van der Waals surface area contributed by atoms with E-state index in [2.05, 4.69) is 15.6 Å². The summed E-state index contributed by atoms with van der Waals surface area (Å²) in [6.45, 7) is 0.653. The number of carbonyl (C=O) groups is 1. The highest BCUT2D eigenvalue weighted by Crippen LogP contribution is 2.11. The van der Waals surface area contributed by atoms with Gasteiger partial charge >= 0.3 is 5.97 Å². The number of imidazole rings is 1. The van der Waals surface area contributed by atoms with E-state index in [-0.39, 0.29) is 5.69 Å². The average molecular weight is 207 g/mol. The first-order valence-electron chi connectivity index (χ1n) is 4.53. The fraction of sp³-hybridized carbons (Fsp3) is 0.400. The van der Waals surface area contributed by atoms with Gasteiger partial charge in [0.1, 0.15) is 5.82 Å². The molecule has 0 saturated carbocycles. The van der Waals surface area contributed by atoms with Crippen molar-refractivity contribution in [1.29, 1.82) is 0 Å². The topological polar surface area (TPSA) is 70.1 Å². The molecule has 0 spiro atoms. The highest BCUT2D eigenvalue weighted by Gasteiger charge is 2.15. The molecule has 0 amide bonds. The molecule has 5 nitrogen and oxygen atoms in total. The largest absolute Gasteiger partial charge is 0.464 e. The Bertz CT molecular complexity index is 390. The summed E-state index contributed by atoms with van der Waals surface area (Å²) in [7, 11) is 1.29. The second kappa shape index (κ2) is 5.05. The van der Waals surface area contributed by atoms with Crippen LogP contribution in [0, 0.1) is 12.3 Å². The lowest BCUT2D eigenvalue weighted by atomic mass is 10.3. The number of methoxy groups -OCH3 is 1. The Hall–Kier alpha value is -1.96. The molecule has 0 aliphatic carbocycles. The van der Waals surface area contributed by atoms with Gasteiger partial charge in [-0.15, -0.1) is 12.3 Å². The summed E-state index contributed by atoms with van der Waals surface area (Å²) < 4.78 is 6.21. The smallest absolute Gasteiger partial charge is 0.360 e. The molecule has 15 heavy (non-hydrogen) atoms. The first-order valence-corrected chi connectivity index (χ1v) is 4.53. The number of terminal acetylenes is 1. The van der Waals surface area contributed by atoms with Crippen LogP contribution < -0.4 is 5.73 Å². The van der Waals surface area contributed by atoms with E-state index in [1.165, 1.54) is 13.4 Å². The maximum absolute atomic E-state index is 11.2. The number of nitrogens with two attached hydrogens (primary N) is 1. The van der Waals surface area contributed by atoms with Gasteiger partial charge in [-0.2, -0.15) is 0 Å². The zero-order valence-electron chi connectivity index (χ0n) is 8.56. The van der Waals surface area contributed by atoms with Crippen LogP contribution in [0.5, 0.6) is 0 Å². The van der Waals surface area contributed by atoms with Crippen molar-refractivity contribution in [3.8, 4) is 12.3 Å². The first kappa shape index (κ1) is 11.1. The number of nitrogen functional groups attached to an aromatic ring is 1. The zero-order chi connectivity index (χ0) is 11.3. The minimum atomic E-state index is -0.525. The van der Waals surface area contributed by atoms with Crippen LogP contribution >= 0.6 is 0 Å². The summed E-state index contributed by atoms with van der Waals surface area (Å²) in [5, 5.41) is 0. The van der Waals surface area contributed by atoms with E-state index in [4.69, 9.17) is 12.2 Å². The standard InChI is InChI=1S/C10H13N3O2/c1-3-4-5-6-13-7-12-8(9(13)11)10(14)15-2/h1,7H,4-6,11H2,2H3. The van der Waals surface area contributed by atoms with Crippen LogP contribution in [0.4, 0.5) is 5.82 Å². The van der Waals surface area contributed by atoms with Crippen LogP contribution in [0.15, 0.2) is 6.33 Å². The van der Waals surface area contributed by atoms with E-state index in [0.717, 1.165) is 6.42 Å².